The van der Waals surface area contributed by atoms with Gasteiger partial charge in [-0.2, -0.15) is 0 Å². The molecule has 3 aliphatic rings. The summed E-state index contributed by atoms with van der Waals surface area (Å²) in [5.41, 5.74) is 0.821. The first-order valence-corrected chi connectivity index (χ1v) is 14.3. The number of esters is 1. The third-order valence-electron chi connectivity index (χ3n) is 8.59. The van der Waals surface area contributed by atoms with Crippen molar-refractivity contribution in [1.29, 1.82) is 0 Å². The van der Waals surface area contributed by atoms with Crippen molar-refractivity contribution in [2.75, 3.05) is 26.7 Å². The van der Waals surface area contributed by atoms with Gasteiger partial charge in [0.2, 0.25) is 5.91 Å². The number of benzene rings is 2. The molecule has 1 aliphatic heterocycles. The Labute approximate surface area is 235 Å². The molecule has 1 saturated heterocycles. The Kier molecular flexibility index (Phi) is 7.95. The third-order valence-corrected chi connectivity index (χ3v) is 9.33. The summed E-state index contributed by atoms with van der Waals surface area (Å²) in [5.74, 6) is 1.22. The van der Waals surface area contributed by atoms with Crippen molar-refractivity contribution >= 4 is 35.1 Å². The number of nitrogens with one attached hydrogen (secondary N) is 1. The highest BCUT2D eigenvalue weighted by Gasteiger charge is 2.61. The number of hydrogen-bond donors (Lipinski definition) is 1. The molecular weight excluding hydrogens is 523 g/mol. The lowest BCUT2D eigenvalue weighted by molar-refractivity contribution is -0.187. The number of carbonyl (C=O) groups excluding carboxylic acids is 2. The molecule has 2 aromatic carbocycles. The van der Waals surface area contributed by atoms with Crippen molar-refractivity contribution in [2.24, 2.45) is 5.92 Å². The zero-order valence-corrected chi connectivity index (χ0v) is 23.6. The highest BCUT2D eigenvalue weighted by Crippen LogP contribution is 2.54. The molecule has 0 bridgehead atoms. The molecule has 0 aromatic heterocycles. The molecule has 2 saturated carbocycles. The van der Waals surface area contributed by atoms with Crippen molar-refractivity contribution in [3.63, 3.8) is 0 Å². The van der Waals surface area contributed by atoms with Crippen LogP contribution in [-0.4, -0.2) is 55.2 Å². The van der Waals surface area contributed by atoms with Crippen LogP contribution in [0, 0.1) is 5.92 Å². The summed E-state index contributed by atoms with van der Waals surface area (Å²) in [5, 5.41) is 4.19. The quantitative estimate of drug-likeness (QED) is 0.429. The molecule has 3 atom stereocenters. The van der Waals surface area contributed by atoms with Gasteiger partial charge in [-0.3, -0.25) is 14.5 Å². The summed E-state index contributed by atoms with van der Waals surface area (Å²) in [6.07, 6.45) is 5.75. The van der Waals surface area contributed by atoms with Crippen molar-refractivity contribution in [1.82, 2.24) is 10.2 Å². The van der Waals surface area contributed by atoms with Crippen LogP contribution in [0.2, 0.25) is 10.0 Å². The molecule has 38 heavy (non-hydrogen) atoms. The standard InChI is InChI=1S/C30H36Cl2N2O4/c1-20(35)38-30-11-10-24(33-28(36)15-22-8-9-26(31)27(32)14-22)17-29(30,23-4-3-5-25(16-23)37-2)12-13-34(19-30)18-21-6-7-21/h3-5,8-9,14,16,21,24H,6-7,10-13,15,17-19H2,1-2H3,(H,33,36)/t24-,29+,30+/m1/s1. The highest BCUT2D eigenvalue weighted by molar-refractivity contribution is 6.42. The maximum Gasteiger partial charge on any atom is 0.303 e. The first-order chi connectivity index (χ1) is 18.2. The van der Waals surface area contributed by atoms with Gasteiger partial charge in [-0.1, -0.05) is 41.4 Å². The average molecular weight is 560 g/mol. The minimum Gasteiger partial charge on any atom is -0.497 e. The van der Waals surface area contributed by atoms with E-state index in [-0.39, 0.29) is 24.3 Å². The first-order valence-electron chi connectivity index (χ1n) is 13.5. The Morgan fingerprint density at radius 3 is 2.61 bits per heavy atom. The van der Waals surface area contributed by atoms with E-state index in [4.69, 9.17) is 32.7 Å². The molecule has 0 unspecified atom stereocenters. The summed E-state index contributed by atoms with van der Waals surface area (Å²) in [7, 11) is 1.67. The second kappa shape index (κ2) is 11.1. The van der Waals surface area contributed by atoms with Gasteiger partial charge in [-0.15, -0.1) is 0 Å². The summed E-state index contributed by atoms with van der Waals surface area (Å²) >= 11 is 12.2. The SMILES string of the molecule is COc1cccc([C@@]23CCN(CC4CC4)C[C@@]2(OC(C)=O)CC[C@@H](NC(=O)Cc2ccc(Cl)c(Cl)c2)C3)c1. The van der Waals surface area contributed by atoms with Crippen LogP contribution in [0.5, 0.6) is 5.75 Å². The molecule has 5 rings (SSSR count). The number of amides is 1. The minimum atomic E-state index is -0.663. The number of fused-ring (bicyclic) bond motifs is 1. The number of ether oxygens (including phenoxy) is 2. The van der Waals surface area contributed by atoms with Crippen molar-refractivity contribution in [3.8, 4) is 5.75 Å². The van der Waals surface area contributed by atoms with E-state index < -0.39 is 11.0 Å². The summed E-state index contributed by atoms with van der Waals surface area (Å²) in [6.45, 7) is 4.21. The fourth-order valence-electron chi connectivity index (χ4n) is 6.67. The predicted molar refractivity (Wildman–Crippen MR) is 149 cm³/mol. The minimum absolute atomic E-state index is 0.0462. The van der Waals surface area contributed by atoms with Gasteiger partial charge in [-0.25, -0.2) is 0 Å². The number of hydrogen-bond acceptors (Lipinski definition) is 5. The number of halogens is 2. The number of carbonyl (C=O) groups is 2. The lowest BCUT2D eigenvalue weighted by Crippen LogP contribution is -2.68. The van der Waals surface area contributed by atoms with Crippen molar-refractivity contribution in [3.05, 3.63) is 63.6 Å². The maximum atomic E-state index is 13.1. The van der Waals surface area contributed by atoms with Gasteiger partial charge in [0.25, 0.3) is 0 Å². The van der Waals surface area contributed by atoms with Crippen LogP contribution in [0.3, 0.4) is 0 Å². The molecule has 0 spiro atoms. The van der Waals surface area contributed by atoms with Crippen LogP contribution in [0.15, 0.2) is 42.5 Å². The summed E-state index contributed by atoms with van der Waals surface area (Å²) < 4.78 is 11.9. The van der Waals surface area contributed by atoms with Crippen LogP contribution >= 0.6 is 23.2 Å². The fraction of sp³-hybridized carbons (Fsp3) is 0.533. The molecule has 1 heterocycles. The van der Waals surface area contributed by atoms with Gasteiger partial charge in [0.1, 0.15) is 11.4 Å². The van der Waals surface area contributed by atoms with Gasteiger partial charge in [0, 0.05) is 31.5 Å². The zero-order valence-electron chi connectivity index (χ0n) is 22.1. The van der Waals surface area contributed by atoms with Gasteiger partial charge >= 0.3 is 5.97 Å². The third kappa shape index (κ3) is 5.68. The van der Waals surface area contributed by atoms with Crippen LogP contribution < -0.4 is 10.1 Å². The molecule has 8 heteroatoms. The van der Waals surface area contributed by atoms with E-state index in [2.05, 4.69) is 22.3 Å². The molecule has 0 radical (unpaired) electrons. The molecule has 204 valence electrons. The second-order valence-corrected chi connectivity index (χ2v) is 12.1. The van der Waals surface area contributed by atoms with Gasteiger partial charge < -0.3 is 14.8 Å². The van der Waals surface area contributed by atoms with Crippen LogP contribution in [0.25, 0.3) is 0 Å². The number of likely N-dealkylation sites (tertiary alicyclic amines) is 1. The predicted octanol–water partition coefficient (Wildman–Crippen LogP) is 5.57. The Bertz CT molecular complexity index is 1200. The average Bonchev–Trinajstić information content (AvgIpc) is 3.70. The highest BCUT2D eigenvalue weighted by atomic mass is 35.5. The molecule has 6 nitrogen and oxygen atoms in total. The van der Waals surface area contributed by atoms with Gasteiger partial charge in [-0.05, 0) is 86.4 Å². The topological polar surface area (TPSA) is 67.9 Å². The first kappa shape index (κ1) is 27.3. The van der Waals surface area contributed by atoms with Crippen LogP contribution in [0.1, 0.15) is 56.6 Å². The second-order valence-electron chi connectivity index (χ2n) is 11.3. The normalized spacial score (nSPS) is 27.3. The zero-order chi connectivity index (χ0) is 26.9. The molecular formula is C30H36Cl2N2O4. The smallest absolute Gasteiger partial charge is 0.303 e. The van der Waals surface area contributed by atoms with Gasteiger partial charge in [0.05, 0.1) is 23.6 Å². The summed E-state index contributed by atoms with van der Waals surface area (Å²) in [4.78, 5) is 28.2. The van der Waals surface area contributed by atoms with E-state index in [0.717, 1.165) is 48.7 Å². The monoisotopic (exact) mass is 558 g/mol. The number of methoxy groups -OCH3 is 1. The van der Waals surface area contributed by atoms with Crippen molar-refractivity contribution < 1.29 is 19.1 Å². The number of nitrogens with zero attached hydrogens (tertiary/aromatic N) is 1. The van der Waals surface area contributed by atoms with E-state index in [0.29, 0.717) is 29.4 Å². The molecule has 1 N–H and O–H groups in total. The number of piperidine rings is 1. The van der Waals surface area contributed by atoms with E-state index in [9.17, 15) is 9.59 Å². The maximum absolute atomic E-state index is 13.1. The summed E-state index contributed by atoms with van der Waals surface area (Å²) in [6, 6.07) is 13.4. The molecule has 2 aromatic rings. The van der Waals surface area contributed by atoms with E-state index in [1.807, 2.05) is 18.2 Å². The van der Waals surface area contributed by atoms with Crippen LogP contribution in [0.4, 0.5) is 0 Å². The van der Waals surface area contributed by atoms with E-state index >= 15 is 0 Å². The Morgan fingerprint density at radius 1 is 1.08 bits per heavy atom. The van der Waals surface area contributed by atoms with Gasteiger partial charge in [0.15, 0.2) is 0 Å². The Morgan fingerprint density at radius 2 is 1.89 bits per heavy atom. The fourth-order valence-corrected chi connectivity index (χ4v) is 6.99. The van der Waals surface area contributed by atoms with Crippen LogP contribution in [-0.2, 0) is 26.2 Å². The van der Waals surface area contributed by atoms with Crippen molar-refractivity contribution in [2.45, 2.75) is 68.9 Å². The Balaban J connectivity index is 1.43. The lowest BCUT2D eigenvalue weighted by atomic mass is 9.55. The molecule has 3 fully saturated rings. The number of rotatable bonds is 8. The lowest BCUT2D eigenvalue weighted by Gasteiger charge is -2.59. The molecule has 1 amide bonds. The van der Waals surface area contributed by atoms with E-state index in [1.54, 1.807) is 19.2 Å². The largest absolute Gasteiger partial charge is 0.497 e. The Hall–Kier alpha value is -2.28. The molecule has 2 aliphatic carbocycles. The van der Waals surface area contributed by atoms with E-state index in [1.165, 1.54) is 19.8 Å².